The van der Waals surface area contributed by atoms with Crippen LogP contribution in [0.4, 0.5) is 5.69 Å². The van der Waals surface area contributed by atoms with Crippen molar-refractivity contribution in [3.05, 3.63) is 36.9 Å². The number of carbonyl (C=O) groups excluding carboxylic acids is 1. The summed E-state index contributed by atoms with van der Waals surface area (Å²) in [5.41, 5.74) is 1.58. The summed E-state index contributed by atoms with van der Waals surface area (Å²) in [6, 6.07) is 7.12. The quantitative estimate of drug-likeness (QED) is 0.898. The number of anilines is 1. The highest BCUT2D eigenvalue weighted by atomic mass is 16.5. The van der Waals surface area contributed by atoms with Gasteiger partial charge in [0.15, 0.2) is 12.2 Å². The molecule has 0 unspecified atom stereocenters. The van der Waals surface area contributed by atoms with Crippen LogP contribution < -0.4 is 10.6 Å². The maximum absolute atomic E-state index is 12.3. The van der Waals surface area contributed by atoms with Gasteiger partial charge in [0.1, 0.15) is 6.04 Å². The number of nitrogens with zero attached hydrogens (tertiary/aromatic N) is 1. The van der Waals surface area contributed by atoms with Crippen molar-refractivity contribution in [1.82, 2.24) is 10.3 Å². The number of nitrogens with one attached hydrogen (secondary N) is 2. The van der Waals surface area contributed by atoms with Gasteiger partial charge >= 0.3 is 0 Å². The number of hydrogen-bond acceptors (Lipinski definition) is 5. The van der Waals surface area contributed by atoms with Crippen molar-refractivity contribution < 1.29 is 13.9 Å². The molecular weight excluding hydrogens is 270 g/mol. The van der Waals surface area contributed by atoms with Crippen LogP contribution in [0, 0.1) is 0 Å². The molecule has 1 amide bonds. The predicted octanol–water partition coefficient (Wildman–Crippen LogP) is 1.66. The Morgan fingerprint density at radius 2 is 2.38 bits per heavy atom. The van der Waals surface area contributed by atoms with E-state index < -0.39 is 0 Å². The molecule has 21 heavy (non-hydrogen) atoms. The molecule has 2 N–H and O–H groups in total. The Morgan fingerprint density at radius 3 is 3.14 bits per heavy atom. The second-order valence-electron chi connectivity index (χ2n) is 4.94. The third kappa shape index (κ3) is 3.12. The van der Waals surface area contributed by atoms with Gasteiger partial charge < -0.3 is 19.8 Å². The molecule has 3 rings (SSSR count). The van der Waals surface area contributed by atoms with E-state index in [9.17, 15) is 4.79 Å². The number of morpholine rings is 1. The predicted molar refractivity (Wildman–Crippen MR) is 77.8 cm³/mol. The summed E-state index contributed by atoms with van der Waals surface area (Å²) in [5.74, 6) is 0.565. The molecule has 1 aromatic carbocycles. The number of oxazole rings is 1. The average molecular weight is 287 g/mol. The van der Waals surface area contributed by atoms with Crippen molar-refractivity contribution in [3.8, 4) is 11.3 Å². The summed E-state index contributed by atoms with van der Waals surface area (Å²) in [6.07, 6.45) is 2.88. The summed E-state index contributed by atoms with van der Waals surface area (Å²) in [4.78, 5) is 16.2. The molecule has 2 atom stereocenters. The molecule has 2 heterocycles. The van der Waals surface area contributed by atoms with Gasteiger partial charge in [0.25, 0.3) is 0 Å². The molecule has 2 aromatic rings. The first-order valence-corrected chi connectivity index (χ1v) is 6.89. The highest BCUT2D eigenvalue weighted by Gasteiger charge is 2.28. The maximum atomic E-state index is 12.3. The van der Waals surface area contributed by atoms with Crippen LogP contribution in [0.15, 0.2) is 41.3 Å². The summed E-state index contributed by atoms with van der Waals surface area (Å²) < 4.78 is 10.7. The summed E-state index contributed by atoms with van der Waals surface area (Å²) in [5, 5.41) is 6.07. The van der Waals surface area contributed by atoms with E-state index in [0.717, 1.165) is 5.56 Å². The Bertz CT molecular complexity index is 612. The van der Waals surface area contributed by atoms with Crippen LogP contribution in [-0.2, 0) is 9.53 Å². The van der Waals surface area contributed by atoms with Gasteiger partial charge in [-0.3, -0.25) is 4.79 Å². The Labute approximate surface area is 122 Å². The zero-order valence-electron chi connectivity index (χ0n) is 11.7. The van der Waals surface area contributed by atoms with E-state index in [0.29, 0.717) is 24.6 Å². The number of ether oxygens (including phenoxy) is 1. The molecule has 6 heteroatoms. The molecule has 0 radical (unpaired) electrons. The minimum atomic E-state index is -0.340. The second-order valence-corrected chi connectivity index (χ2v) is 4.94. The molecular formula is C15H17N3O3. The normalized spacial score (nSPS) is 22.0. The summed E-state index contributed by atoms with van der Waals surface area (Å²) in [6.45, 7) is 3.20. The Hall–Kier alpha value is -2.18. The van der Waals surface area contributed by atoms with E-state index in [-0.39, 0.29) is 18.1 Å². The van der Waals surface area contributed by atoms with Gasteiger partial charge in [-0.05, 0) is 19.1 Å². The van der Waals surface area contributed by atoms with Gasteiger partial charge in [-0.2, -0.15) is 0 Å². The van der Waals surface area contributed by atoms with Gasteiger partial charge in [0, 0.05) is 17.8 Å². The van der Waals surface area contributed by atoms with Gasteiger partial charge in [0.05, 0.1) is 18.9 Å². The molecule has 0 bridgehead atoms. The Balaban J connectivity index is 1.73. The Kier molecular flexibility index (Phi) is 3.98. The lowest BCUT2D eigenvalue weighted by atomic mass is 10.1. The molecule has 110 valence electrons. The number of aromatic nitrogens is 1. The van der Waals surface area contributed by atoms with E-state index in [1.165, 1.54) is 6.39 Å². The number of benzene rings is 1. The minimum Gasteiger partial charge on any atom is -0.444 e. The van der Waals surface area contributed by atoms with E-state index in [2.05, 4.69) is 15.6 Å². The van der Waals surface area contributed by atoms with E-state index in [1.54, 1.807) is 6.20 Å². The van der Waals surface area contributed by atoms with E-state index in [4.69, 9.17) is 9.15 Å². The van der Waals surface area contributed by atoms with Crippen LogP contribution in [0.5, 0.6) is 0 Å². The van der Waals surface area contributed by atoms with Gasteiger partial charge in [-0.15, -0.1) is 0 Å². The highest BCUT2D eigenvalue weighted by Crippen LogP contribution is 2.22. The van der Waals surface area contributed by atoms with Gasteiger partial charge in [0.2, 0.25) is 5.91 Å². The summed E-state index contributed by atoms with van der Waals surface area (Å²) in [7, 11) is 0. The van der Waals surface area contributed by atoms with Crippen molar-refractivity contribution in [2.45, 2.75) is 19.1 Å². The lowest BCUT2D eigenvalue weighted by Gasteiger charge is -2.29. The van der Waals surface area contributed by atoms with Crippen molar-refractivity contribution in [2.24, 2.45) is 0 Å². The van der Waals surface area contributed by atoms with Crippen LogP contribution in [0.3, 0.4) is 0 Å². The molecule has 1 saturated heterocycles. The SMILES string of the molecule is C[C@H]1OCCN[C@@H]1C(=O)Nc1cccc(-c2cnco2)c1. The van der Waals surface area contributed by atoms with Crippen molar-refractivity contribution in [3.63, 3.8) is 0 Å². The number of amides is 1. The van der Waals surface area contributed by atoms with Crippen LogP contribution in [0.2, 0.25) is 0 Å². The van der Waals surface area contributed by atoms with Crippen LogP contribution in [-0.4, -0.2) is 36.2 Å². The minimum absolute atomic E-state index is 0.100. The molecule has 0 saturated carbocycles. The fourth-order valence-electron chi connectivity index (χ4n) is 2.36. The fourth-order valence-corrected chi connectivity index (χ4v) is 2.36. The zero-order valence-corrected chi connectivity index (χ0v) is 11.7. The molecule has 1 fully saturated rings. The van der Waals surface area contributed by atoms with Gasteiger partial charge in [-0.1, -0.05) is 12.1 Å². The molecule has 6 nitrogen and oxygen atoms in total. The fraction of sp³-hybridized carbons (Fsp3) is 0.333. The topological polar surface area (TPSA) is 76.4 Å². The van der Waals surface area contributed by atoms with Crippen molar-refractivity contribution >= 4 is 11.6 Å². The monoisotopic (exact) mass is 287 g/mol. The highest BCUT2D eigenvalue weighted by molar-refractivity contribution is 5.95. The lowest BCUT2D eigenvalue weighted by molar-refractivity contribution is -0.123. The van der Waals surface area contributed by atoms with Crippen molar-refractivity contribution in [1.29, 1.82) is 0 Å². The third-order valence-electron chi connectivity index (χ3n) is 3.45. The van der Waals surface area contributed by atoms with Crippen LogP contribution in [0.25, 0.3) is 11.3 Å². The van der Waals surface area contributed by atoms with Crippen LogP contribution >= 0.6 is 0 Å². The molecule has 1 aliphatic heterocycles. The van der Waals surface area contributed by atoms with E-state index in [1.807, 2.05) is 31.2 Å². The Morgan fingerprint density at radius 1 is 1.48 bits per heavy atom. The second kappa shape index (κ2) is 6.07. The number of hydrogen-bond donors (Lipinski definition) is 2. The molecule has 1 aromatic heterocycles. The van der Waals surface area contributed by atoms with Crippen molar-refractivity contribution in [2.75, 3.05) is 18.5 Å². The zero-order chi connectivity index (χ0) is 14.7. The lowest BCUT2D eigenvalue weighted by Crippen LogP contribution is -2.53. The molecule has 0 spiro atoms. The van der Waals surface area contributed by atoms with Crippen LogP contribution in [0.1, 0.15) is 6.92 Å². The van der Waals surface area contributed by atoms with Gasteiger partial charge in [-0.25, -0.2) is 4.98 Å². The summed E-state index contributed by atoms with van der Waals surface area (Å²) >= 11 is 0. The largest absolute Gasteiger partial charge is 0.444 e. The first-order valence-electron chi connectivity index (χ1n) is 6.89. The maximum Gasteiger partial charge on any atom is 0.244 e. The third-order valence-corrected chi connectivity index (χ3v) is 3.45. The number of rotatable bonds is 3. The smallest absolute Gasteiger partial charge is 0.244 e. The first kappa shape index (κ1) is 13.8. The standard InChI is InChI=1S/C15H17N3O3/c1-10-14(17-5-6-20-10)15(19)18-12-4-2-3-11(7-12)13-8-16-9-21-13/h2-4,7-10,14,17H,5-6H2,1H3,(H,18,19)/t10-,14+/m1/s1. The average Bonchev–Trinajstić information content (AvgIpc) is 3.02. The van der Waals surface area contributed by atoms with E-state index >= 15 is 0 Å². The number of carbonyl (C=O) groups is 1. The first-order chi connectivity index (χ1) is 10.2. The molecule has 0 aliphatic carbocycles. The molecule has 1 aliphatic rings.